The lowest BCUT2D eigenvalue weighted by Crippen LogP contribution is -2.27. The van der Waals surface area contributed by atoms with Gasteiger partial charge in [0.05, 0.1) is 23.8 Å². The summed E-state index contributed by atoms with van der Waals surface area (Å²) in [7, 11) is 3.38. The third-order valence-corrected chi connectivity index (χ3v) is 2.26. The van der Waals surface area contributed by atoms with Crippen LogP contribution in [0.2, 0.25) is 0 Å². The number of para-hydroxylation sites is 1. The number of amides is 2. The maximum Gasteiger partial charge on any atom is 0.321 e. The summed E-state index contributed by atoms with van der Waals surface area (Å²) in [4.78, 5) is 12.9. The fraction of sp³-hybridized carbons (Fsp3) is 0.167. The van der Waals surface area contributed by atoms with Crippen LogP contribution < -0.4 is 5.32 Å². The fourth-order valence-electron chi connectivity index (χ4n) is 1.34. The molecule has 0 atom stereocenters. The lowest BCUT2D eigenvalue weighted by atomic mass is 10.3. The molecule has 0 saturated heterocycles. The molecule has 1 N–H and O–H groups in total. The molecule has 0 radical (unpaired) electrons. The predicted octanol–water partition coefficient (Wildman–Crippen LogP) is 1.97. The van der Waals surface area contributed by atoms with Crippen molar-refractivity contribution in [2.75, 3.05) is 19.4 Å². The van der Waals surface area contributed by atoms with Gasteiger partial charge in [0.15, 0.2) is 0 Å². The highest BCUT2D eigenvalue weighted by Gasteiger charge is 2.06. The second-order valence-corrected chi connectivity index (χ2v) is 3.83. The van der Waals surface area contributed by atoms with E-state index in [1.54, 1.807) is 31.2 Å². The fourth-order valence-corrected chi connectivity index (χ4v) is 1.34. The zero-order chi connectivity index (χ0) is 12.3. The molecule has 5 heteroatoms. The summed E-state index contributed by atoms with van der Waals surface area (Å²) in [6.07, 6.45) is 3.39. The molecule has 0 saturated carbocycles. The van der Waals surface area contributed by atoms with E-state index in [4.69, 9.17) is 0 Å². The number of hydrogen-bond donors (Lipinski definition) is 1. The Morgan fingerprint density at radius 2 is 2.00 bits per heavy atom. The molecule has 1 heterocycles. The largest absolute Gasteiger partial charge is 0.331 e. The Bertz CT molecular complexity index is 504. The molecule has 0 spiro atoms. The van der Waals surface area contributed by atoms with Crippen LogP contribution in [0.25, 0.3) is 5.69 Å². The van der Waals surface area contributed by atoms with Crippen LogP contribution >= 0.6 is 0 Å². The summed E-state index contributed by atoms with van der Waals surface area (Å²) >= 11 is 0. The van der Waals surface area contributed by atoms with E-state index >= 15 is 0 Å². The topological polar surface area (TPSA) is 50.2 Å². The SMILES string of the molecule is CN(C)C(=O)Nc1cnn(-c2ccccc2)c1. The van der Waals surface area contributed by atoms with Gasteiger partial charge in [-0.2, -0.15) is 5.10 Å². The van der Waals surface area contributed by atoms with Crippen molar-refractivity contribution >= 4 is 11.7 Å². The number of benzene rings is 1. The number of urea groups is 1. The van der Waals surface area contributed by atoms with Crippen molar-refractivity contribution in [1.29, 1.82) is 0 Å². The van der Waals surface area contributed by atoms with Gasteiger partial charge in [-0.05, 0) is 12.1 Å². The first-order valence-corrected chi connectivity index (χ1v) is 5.25. The number of hydrogen-bond acceptors (Lipinski definition) is 2. The Morgan fingerprint density at radius 1 is 1.29 bits per heavy atom. The first-order valence-electron chi connectivity index (χ1n) is 5.25. The van der Waals surface area contributed by atoms with Crippen molar-refractivity contribution in [2.45, 2.75) is 0 Å². The predicted molar refractivity (Wildman–Crippen MR) is 66.3 cm³/mol. The molecule has 5 nitrogen and oxygen atoms in total. The van der Waals surface area contributed by atoms with Gasteiger partial charge in [0.25, 0.3) is 0 Å². The average Bonchev–Trinajstić information content (AvgIpc) is 2.78. The molecule has 17 heavy (non-hydrogen) atoms. The molecule has 0 aliphatic carbocycles. The number of rotatable bonds is 2. The van der Waals surface area contributed by atoms with Gasteiger partial charge >= 0.3 is 6.03 Å². The average molecular weight is 230 g/mol. The third kappa shape index (κ3) is 2.63. The number of anilines is 1. The van der Waals surface area contributed by atoms with Gasteiger partial charge < -0.3 is 10.2 Å². The van der Waals surface area contributed by atoms with Crippen LogP contribution in [-0.2, 0) is 0 Å². The van der Waals surface area contributed by atoms with E-state index in [2.05, 4.69) is 10.4 Å². The van der Waals surface area contributed by atoms with Crippen LogP contribution in [0.15, 0.2) is 42.7 Å². The Balaban J connectivity index is 2.14. The van der Waals surface area contributed by atoms with Crippen LogP contribution in [0.5, 0.6) is 0 Å². The maximum absolute atomic E-state index is 11.4. The molecule has 0 fully saturated rings. The highest BCUT2D eigenvalue weighted by molar-refractivity contribution is 5.88. The number of aromatic nitrogens is 2. The summed E-state index contributed by atoms with van der Waals surface area (Å²) in [6, 6.07) is 9.55. The molecule has 0 bridgehead atoms. The maximum atomic E-state index is 11.4. The Kier molecular flexibility index (Phi) is 3.09. The van der Waals surface area contributed by atoms with Gasteiger partial charge in [-0.25, -0.2) is 9.48 Å². The minimum absolute atomic E-state index is 0.169. The monoisotopic (exact) mass is 230 g/mol. The molecule has 1 aromatic carbocycles. The number of nitrogens with zero attached hydrogens (tertiary/aromatic N) is 3. The zero-order valence-electron chi connectivity index (χ0n) is 9.79. The Labute approximate surface area is 99.7 Å². The summed E-state index contributed by atoms with van der Waals surface area (Å²) < 4.78 is 1.71. The summed E-state index contributed by atoms with van der Waals surface area (Å²) in [5.74, 6) is 0. The van der Waals surface area contributed by atoms with E-state index in [1.165, 1.54) is 4.90 Å². The van der Waals surface area contributed by atoms with Crippen LogP contribution in [0.3, 0.4) is 0 Å². The van der Waals surface area contributed by atoms with Crippen molar-refractivity contribution in [3.05, 3.63) is 42.7 Å². The van der Waals surface area contributed by atoms with Crippen LogP contribution in [-0.4, -0.2) is 34.8 Å². The molecular weight excluding hydrogens is 216 g/mol. The molecule has 2 amide bonds. The van der Waals surface area contributed by atoms with E-state index in [0.29, 0.717) is 5.69 Å². The molecule has 2 rings (SSSR count). The van der Waals surface area contributed by atoms with Crippen molar-refractivity contribution in [3.8, 4) is 5.69 Å². The van der Waals surface area contributed by atoms with Gasteiger partial charge in [-0.1, -0.05) is 18.2 Å². The Morgan fingerprint density at radius 3 is 2.65 bits per heavy atom. The van der Waals surface area contributed by atoms with Gasteiger partial charge in [0.2, 0.25) is 0 Å². The number of nitrogens with one attached hydrogen (secondary N) is 1. The molecule has 2 aromatic rings. The highest BCUT2D eigenvalue weighted by atomic mass is 16.2. The lowest BCUT2D eigenvalue weighted by molar-refractivity contribution is 0.230. The van der Waals surface area contributed by atoms with Gasteiger partial charge in [-0.3, -0.25) is 0 Å². The second-order valence-electron chi connectivity index (χ2n) is 3.83. The van der Waals surface area contributed by atoms with E-state index in [0.717, 1.165) is 5.69 Å². The normalized spacial score (nSPS) is 10.0. The standard InChI is InChI=1S/C12H14N4O/c1-15(2)12(17)14-10-8-13-16(9-10)11-6-4-3-5-7-11/h3-9H,1-2H3,(H,14,17). The smallest absolute Gasteiger partial charge is 0.321 e. The molecule has 88 valence electrons. The van der Waals surface area contributed by atoms with E-state index < -0.39 is 0 Å². The molecule has 0 aliphatic heterocycles. The first kappa shape index (κ1) is 11.2. The number of carbonyl (C=O) groups is 1. The first-order chi connectivity index (χ1) is 8.16. The van der Waals surface area contributed by atoms with Crippen LogP contribution in [0.4, 0.5) is 10.5 Å². The zero-order valence-corrected chi connectivity index (χ0v) is 9.79. The second kappa shape index (κ2) is 4.69. The Hall–Kier alpha value is -2.30. The molecule has 0 aliphatic rings. The van der Waals surface area contributed by atoms with Crippen LogP contribution in [0.1, 0.15) is 0 Å². The van der Waals surface area contributed by atoms with E-state index in [-0.39, 0.29) is 6.03 Å². The highest BCUT2D eigenvalue weighted by Crippen LogP contribution is 2.11. The summed E-state index contributed by atoms with van der Waals surface area (Å²) in [5, 5.41) is 6.92. The van der Waals surface area contributed by atoms with Gasteiger partial charge in [0, 0.05) is 14.1 Å². The number of carbonyl (C=O) groups excluding carboxylic acids is 1. The van der Waals surface area contributed by atoms with Crippen molar-refractivity contribution in [3.63, 3.8) is 0 Å². The summed E-state index contributed by atoms with van der Waals surface area (Å²) in [5.41, 5.74) is 1.63. The van der Waals surface area contributed by atoms with E-state index in [9.17, 15) is 4.79 Å². The van der Waals surface area contributed by atoms with Crippen molar-refractivity contribution < 1.29 is 4.79 Å². The van der Waals surface area contributed by atoms with Gasteiger partial charge in [0.1, 0.15) is 0 Å². The quantitative estimate of drug-likeness (QED) is 0.857. The molecule has 1 aromatic heterocycles. The van der Waals surface area contributed by atoms with Crippen LogP contribution in [0, 0.1) is 0 Å². The minimum Gasteiger partial charge on any atom is -0.331 e. The lowest BCUT2D eigenvalue weighted by Gasteiger charge is -2.09. The third-order valence-electron chi connectivity index (χ3n) is 2.26. The van der Waals surface area contributed by atoms with Gasteiger partial charge in [-0.15, -0.1) is 0 Å². The van der Waals surface area contributed by atoms with E-state index in [1.807, 2.05) is 30.3 Å². The van der Waals surface area contributed by atoms with Crippen molar-refractivity contribution in [2.24, 2.45) is 0 Å². The summed E-state index contributed by atoms with van der Waals surface area (Å²) in [6.45, 7) is 0. The molecule has 0 unspecified atom stereocenters. The van der Waals surface area contributed by atoms with Crippen molar-refractivity contribution in [1.82, 2.24) is 14.7 Å². The molecular formula is C12H14N4O. The minimum atomic E-state index is -0.169.